The molecule has 24 heavy (non-hydrogen) atoms. The van der Waals surface area contributed by atoms with E-state index in [-0.39, 0.29) is 11.9 Å². The number of piperazine rings is 1. The quantitative estimate of drug-likeness (QED) is 0.805. The monoisotopic (exact) mass is 354 g/mol. The van der Waals surface area contributed by atoms with E-state index >= 15 is 0 Å². The summed E-state index contributed by atoms with van der Waals surface area (Å²) in [5.41, 5.74) is 1.83. The standard InChI is InChI=1S/C17H27N3O3S/c1-13-6-7-16(14(2)12-13)24(22,23)20-10-8-19(9-11-20)15(3)17(21)18(4)5/h6-7,12,15H,8-11H2,1-5H3/p+1/t15-/m1/s1. The van der Waals surface area contributed by atoms with Gasteiger partial charge in [0.2, 0.25) is 10.0 Å². The van der Waals surface area contributed by atoms with Crippen molar-refractivity contribution in [2.45, 2.75) is 31.7 Å². The Balaban J connectivity index is 2.10. The molecule has 1 atom stereocenters. The number of rotatable bonds is 4. The maximum absolute atomic E-state index is 12.9. The molecule has 1 fully saturated rings. The van der Waals surface area contributed by atoms with Gasteiger partial charge in [-0.05, 0) is 32.4 Å². The van der Waals surface area contributed by atoms with E-state index in [1.807, 2.05) is 32.9 Å². The van der Waals surface area contributed by atoms with Crippen LogP contribution in [-0.4, -0.2) is 69.8 Å². The number of quaternary nitrogens is 1. The van der Waals surface area contributed by atoms with Crippen molar-refractivity contribution in [3.63, 3.8) is 0 Å². The first-order valence-electron chi connectivity index (χ1n) is 8.27. The van der Waals surface area contributed by atoms with Crippen molar-refractivity contribution in [2.24, 2.45) is 0 Å². The van der Waals surface area contributed by atoms with Crippen LogP contribution >= 0.6 is 0 Å². The second-order valence-corrected chi connectivity index (χ2v) is 8.69. The fourth-order valence-electron chi connectivity index (χ4n) is 3.24. The second kappa shape index (κ2) is 7.21. The molecule has 1 aliphatic heterocycles. The molecule has 0 saturated carbocycles. The van der Waals surface area contributed by atoms with E-state index < -0.39 is 10.0 Å². The molecular weight excluding hydrogens is 326 g/mol. The van der Waals surface area contributed by atoms with Gasteiger partial charge >= 0.3 is 0 Å². The summed E-state index contributed by atoms with van der Waals surface area (Å²) in [7, 11) is 0.0278. The fourth-order valence-corrected chi connectivity index (χ4v) is 4.88. The molecule has 0 radical (unpaired) electrons. The van der Waals surface area contributed by atoms with Crippen LogP contribution in [-0.2, 0) is 14.8 Å². The number of benzene rings is 1. The highest BCUT2D eigenvalue weighted by Gasteiger charge is 2.35. The summed E-state index contributed by atoms with van der Waals surface area (Å²) in [6, 6.07) is 5.27. The number of hydrogen-bond donors (Lipinski definition) is 1. The van der Waals surface area contributed by atoms with E-state index in [0.29, 0.717) is 31.1 Å². The average Bonchev–Trinajstić information content (AvgIpc) is 2.53. The van der Waals surface area contributed by atoms with Crippen molar-refractivity contribution < 1.29 is 18.1 Å². The Hall–Kier alpha value is -1.44. The number of sulfonamides is 1. The molecule has 2 rings (SSSR count). The number of carbonyl (C=O) groups is 1. The van der Waals surface area contributed by atoms with Crippen molar-refractivity contribution >= 4 is 15.9 Å². The minimum atomic E-state index is -3.47. The first-order valence-corrected chi connectivity index (χ1v) is 9.71. The van der Waals surface area contributed by atoms with Crippen LogP contribution in [0.15, 0.2) is 23.1 Å². The topological polar surface area (TPSA) is 62.1 Å². The number of nitrogens with zero attached hydrogens (tertiary/aromatic N) is 2. The third kappa shape index (κ3) is 3.79. The predicted octanol–water partition coefficient (Wildman–Crippen LogP) is -0.331. The Morgan fingerprint density at radius 2 is 1.79 bits per heavy atom. The predicted molar refractivity (Wildman–Crippen MR) is 93.5 cm³/mol. The SMILES string of the molecule is Cc1ccc(S(=O)(=O)N2CC[NH+]([C@H](C)C(=O)N(C)C)CC2)c(C)c1. The summed E-state index contributed by atoms with van der Waals surface area (Å²) in [6.07, 6.45) is 0. The van der Waals surface area contributed by atoms with Crippen LogP contribution in [0.4, 0.5) is 0 Å². The van der Waals surface area contributed by atoms with Crippen LogP contribution in [0.2, 0.25) is 0 Å². The summed E-state index contributed by atoms with van der Waals surface area (Å²) in [6.45, 7) is 7.86. The molecule has 1 aliphatic rings. The first kappa shape index (κ1) is 18.9. The summed E-state index contributed by atoms with van der Waals surface area (Å²) >= 11 is 0. The smallest absolute Gasteiger partial charge is 0.280 e. The van der Waals surface area contributed by atoms with E-state index in [0.717, 1.165) is 16.0 Å². The largest absolute Gasteiger partial charge is 0.344 e. The van der Waals surface area contributed by atoms with Crippen molar-refractivity contribution in [1.82, 2.24) is 9.21 Å². The van der Waals surface area contributed by atoms with E-state index in [2.05, 4.69) is 0 Å². The van der Waals surface area contributed by atoms with E-state index in [1.165, 1.54) is 0 Å². The fraction of sp³-hybridized carbons (Fsp3) is 0.588. The zero-order valence-corrected chi connectivity index (χ0v) is 16.0. The molecule has 6 nitrogen and oxygen atoms in total. The van der Waals surface area contributed by atoms with Gasteiger partial charge in [-0.2, -0.15) is 4.31 Å². The second-order valence-electron chi connectivity index (χ2n) is 6.79. The van der Waals surface area contributed by atoms with Gasteiger partial charge in [-0.15, -0.1) is 0 Å². The summed E-state index contributed by atoms with van der Waals surface area (Å²) in [5.74, 6) is 0.0793. The lowest BCUT2D eigenvalue weighted by Gasteiger charge is -2.35. The van der Waals surface area contributed by atoms with Crippen molar-refractivity contribution in [3.05, 3.63) is 29.3 Å². The molecule has 0 unspecified atom stereocenters. The maximum Gasteiger partial charge on any atom is 0.280 e. The van der Waals surface area contributed by atoms with Gasteiger partial charge in [0.05, 0.1) is 31.1 Å². The highest BCUT2D eigenvalue weighted by Crippen LogP contribution is 2.20. The summed E-state index contributed by atoms with van der Waals surface area (Å²) in [4.78, 5) is 15.2. The molecule has 1 N–H and O–H groups in total. The summed E-state index contributed by atoms with van der Waals surface area (Å²) in [5, 5.41) is 0. The normalized spacial score (nSPS) is 18.4. The van der Waals surface area contributed by atoms with Crippen LogP contribution in [0.3, 0.4) is 0 Å². The molecule has 1 amide bonds. The molecule has 1 aromatic carbocycles. The highest BCUT2D eigenvalue weighted by molar-refractivity contribution is 7.89. The number of aryl methyl sites for hydroxylation is 2. The number of likely N-dealkylation sites (N-methyl/N-ethyl adjacent to an activating group) is 1. The minimum absolute atomic E-state index is 0.0793. The van der Waals surface area contributed by atoms with Gasteiger partial charge in [-0.25, -0.2) is 8.42 Å². The molecule has 1 aromatic rings. The molecule has 7 heteroatoms. The molecule has 134 valence electrons. The van der Waals surface area contributed by atoms with Crippen molar-refractivity contribution in [1.29, 1.82) is 0 Å². The minimum Gasteiger partial charge on any atom is -0.344 e. The van der Waals surface area contributed by atoms with Crippen molar-refractivity contribution in [2.75, 3.05) is 40.3 Å². The third-order valence-electron chi connectivity index (χ3n) is 4.74. The molecule has 1 heterocycles. The van der Waals surface area contributed by atoms with Crippen molar-refractivity contribution in [3.8, 4) is 0 Å². The average molecular weight is 354 g/mol. The lowest BCUT2D eigenvalue weighted by molar-refractivity contribution is -0.917. The molecule has 0 aliphatic carbocycles. The van der Waals surface area contributed by atoms with Crippen LogP contribution < -0.4 is 4.90 Å². The molecule has 0 bridgehead atoms. The van der Waals surface area contributed by atoms with Crippen LogP contribution in [0.25, 0.3) is 0 Å². The Bertz CT molecular complexity index is 708. The first-order chi connectivity index (χ1) is 11.1. The third-order valence-corrected chi connectivity index (χ3v) is 6.80. The van der Waals surface area contributed by atoms with E-state index in [9.17, 15) is 13.2 Å². The van der Waals surface area contributed by atoms with Gasteiger partial charge in [-0.3, -0.25) is 4.79 Å². The van der Waals surface area contributed by atoms with Crippen LogP contribution in [0.5, 0.6) is 0 Å². The molecule has 0 spiro atoms. The lowest BCUT2D eigenvalue weighted by Crippen LogP contribution is -3.19. The van der Waals surface area contributed by atoms with Crippen LogP contribution in [0, 0.1) is 13.8 Å². The molecule has 1 saturated heterocycles. The van der Waals surface area contributed by atoms with Gasteiger partial charge in [0.15, 0.2) is 6.04 Å². The Kier molecular flexibility index (Phi) is 5.67. The Morgan fingerprint density at radius 3 is 2.29 bits per heavy atom. The lowest BCUT2D eigenvalue weighted by atomic mass is 10.2. The number of nitrogens with one attached hydrogen (secondary N) is 1. The van der Waals surface area contributed by atoms with Gasteiger partial charge in [0.25, 0.3) is 5.91 Å². The zero-order chi connectivity index (χ0) is 18.1. The number of hydrogen-bond acceptors (Lipinski definition) is 3. The molecule has 0 aromatic heterocycles. The van der Waals surface area contributed by atoms with Gasteiger partial charge in [0, 0.05) is 14.1 Å². The van der Waals surface area contributed by atoms with E-state index in [1.54, 1.807) is 29.4 Å². The summed E-state index contributed by atoms with van der Waals surface area (Å²) < 4.78 is 27.3. The molecular formula is C17H28N3O3S+. The zero-order valence-electron chi connectivity index (χ0n) is 15.2. The Morgan fingerprint density at radius 1 is 1.21 bits per heavy atom. The maximum atomic E-state index is 12.9. The number of amides is 1. The van der Waals surface area contributed by atoms with Gasteiger partial charge in [-0.1, -0.05) is 17.7 Å². The van der Waals surface area contributed by atoms with Crippen LogP contribution in [0.1, 0.15) is 18.1 Å². The van der Waals surface area contributed by atoms with E-state index in [4.69, 9.17) is 0 Å². The Labute approximate surface area is 145 Å². The highest BCUT2D eigenvalue weighted by atomic mass is 32.2. The number of carbonyl (C=O) groups excluding carboxylic acids is 1. The van der Waals surface area contributed by atoms with Gasteiger partial charge < -0.3 is 9.80 Å². The van der Waals surface area contributed by atoms with Gasteiger partial charge in [0.1, 0.15) is 0 Å².